The molecule has 0 spiro atoms. The largest absolute Gasteiger partial charge is 0.492 e. The van der Waals surface area contributed by atoms with Crippen LogP contribution in [0, 0.1) is 5.92 Å². The highest BCUT2D eigenvalue weighted by molar-refractivity contribution is 5.81. The molecule has 0 bridgehead atoms. The smallest absolute Gasteiger partial charge is 0.231 e. The van der Waals surface area contributed by atoms with Gasteiger partial charge in [-0.25, -0.2) is 0 Å². The minimum Gasteiger partial charge on any atom is -0.492 e. The van der Waals surface area contributed by atoms with Crippen molar-refractivity contribution < 1.29 is 19.0 Å². The Labute approximate surface area is 131 Å². The third-order valence-corrected chi connectivity index (χ3v) is 4.59. The lowest BCUT2D eigenvalue weighted by Crippen LogP contribution is -2.34. The van der Waals surface area contributed by atoms with Gasteiger partial charge in [-0.3, -0.25) is 9.69 Å². The first-order chi connectivity index (χ1) is 10.5. The van der Waals surface area contributed by atoms with Crippen LogP contribution in [0.1, 0.15) is 37.4 Å². The molecule has 2 heterocycles. The van der Waals surface area contributed by atoms with Crippen LogP contribution in [0.3, 0.4) is 0 Å². The molecule has 3 rings (SSSR count). The summed E-state index contributed by atoms with van der Waals surface area (Å²) in [5.41, 5.74) is 2.27. The fourth-order valence-electron chi connectivity index (χ4n) is 3.21. The van der Waals surface area contributed by atoms with E-state index in [0.717, 1.165) is 30.0 Å². The van der Waals surface area contributed by atoms with Crippen molar-refractivity contribution in [3.05, 3.63) is 17.2 Å². The second kappa shape index (κ2) is 5.80. The van der Waals surface area contributed by atoms with Gasteiger partial charge >= 0.3 is 0 Å². The van der Waals surface area contributed by atoms with Crippen LogP contribution in [0.25, 0.3) is 0 Å². The van der Waals surface area contributed by atoms with Crippen LogP contribution >= 0.6 is 0 Å². The van der Waals surface area contributed by atoms with Crippen molar-refractivity contribution in [3.8, 4) is 17.2 Å². The van der Waals surface area contributed by atoms with E-state index < -0.39 is 0 Å². The van der Waals surface area contributed by atoms with E-state index in [9.17, 15) is 4.79 Å². The topological polar surface area (TPSA) is 48.0 Å². The van der Waals surface area contributed by atoms with Crippen LogP contribution in [0.15, 0.2) is 6.07 Å². The summed E-state index contributed by atoms with van der Waals surface area (Å²) in [5.74, 6) is 2.44. The molecule has 0 saturated heterocycles. The van der Waals surface area contributed by atoms with Crippen molar-refractivity contribution in [2.24, 2.45) is 5.92 Å². The van der Waals surface area contributed by atoms with Crippen molar-refractivity contribution in [2.75, 3.05) is 27.5 Å². The number of carbonyl (C=O) groups excluding carboxylic acids is 1. The molecule has 1 atom stereocenters. The quantitative estimate of drug-likeness (QED) is 0.855. The maximum absolute atomic E-state index is 12.3. The maximum Gasteiger partial charge on any atom is 0.231 e. The summed E-state index contributed by atoms with van der Waals surface area (Å²) in [7, 11) is 3.71. The van der Waals surface area contributed by atoms with Crippen LogP contribution in [0.2, 0.25) is 0 Å². The highest BCUT2D eigenvalue weighted by Crippen LogP contribution is 2.50. The molecule has 1 aromatic rings. The van der Waals surface area contributed by atoms with Gasteiger partial charge in [0.1, 0.15) is 5.78 Å². The zero-order valence-electron chi connectivity index (χ0n) is 13.6. The van der Waals surface area contributed by atoms with Gasteiger partial charge < -0.3 is 14.2 Å². The van der Waals surface area contributed by atoms with Crippen LogP contribution in [0.5, 0.6) is 17.2 Å². The van der Waals surface area contributed by atoms with Crippen molar-refractivity contribution in [2.45, 2.75) is 32.7 Å². The molecule has 5 nitrogen and oxygen atoms in total. The molecule has 22 heavy (non-hydrogen) atoms. The SMILES string of the molecule is COc1c2c(cc3c1C(CC(=O)C(C)C)N(C)CC3)OCO2. The van der Waals surface area contributed by atoms with E-state index in [1.54, 1.807) is 7.11 Å². The van der Waals surface area contributed by atoms with Crippen molar-refractivity contribution in [1.82, 2.24) is 4.90 Å². The Balaban J connectivity index is 2.06. The fourth-order valence-corrected chi connectivity index (χ4v) is 3.21. The van der Waals surface area contributed by atoms with Gasteiger partial charge in [0.2, 0.25) is 12.5 Å². The average Bonchev–Trinajstić information content (AvgIpc) is 2.95. The fraction of sp³-hybridized carbons (Fsp3) is 0.588. The summed E-state index contributed by atoms with van der Waals surface area (Å²) in [6.07, 6.45) is 1.42. The van der Waals surface area contributed by atoms with Gasteiger partial charge in [-0.2, -0.15) is 0 Å². The van der Waals surface area contributed by atoms with Gasteiger partial charge in [0.05, 0.1) is 7.11 Å². The molecule has 0 radical (unpaired) electrons. The molecule has 1 aromatic carbocycles. The Bertz CT molecular complexity index is 597. The van der Waals surface area contributed by atoms with Gasteiger partial charge in [-0.05, 0) is 25.1 Å². The molecule has 0 N–H and O–H groups in total. The zero-order chi connectivity index (χ0) is 15.9. The van der Waals surface area contributed by atoms with Gasteiger partial charge in [0, 0.05) is 30.5 Å². The molecule has 0 amide bonds. The Hall–Kier alpha value is -1.75. The van der Waals surface area contributed by atoms with Crippen LogP contribution in [-0.4, -0.2) is 38.2 Å². The van der Waals surface area contributed by atoms with E-state index in [2.05, 4.69) is 11.9 Å². The summed E-state index contributed by atoms with van der Waals surface area (Å²) in [6.45, 7) is 5.04. The molecule has 120 valence electrons. The first-order valence-corrected chi connectivity index (χ1v) is 7.75. The van der Waals surface area contributed by atoms with Crippen LogP contribution < -0.4 is 14.2 Å². The molecular weight excluding hydrogens is 282 g/mol. The number of ketones is 1. The molecule has 0 saturated carbocycles. The molecule has 0 aromatic heterocycles. The number of hydrogen-bond donors (Lipinski definition) is 0. The Morgan fingerprint density at radius 3 is 2.91 bits per heavy atom. The summed E-state index contributed by atoms with van der Waals surface area (Å²) >= 11 is 0. The molecule has 1 unspecified atom stereocenters. The molecular formula is C17H23NO4. The number of ether oxygens (including phenoxy) is 3. The second-order valence-electron chi connectivity index (χ2n) is 6.29. The Kier molecular flexibility index (Phi) is 4.00. The van der Waals surface area contributed by atoms with E-state index in [0.29, 0.717) is 12.2 Å². The first kappa shape index (κ1) is 15.2. The molecule has 0 fully saturated rings. The summed E-state index contributed by atoms with van der Waals surface area (Å²) in [5, 5.41) is 0. The molecule has 2 aliphatic rings. The monoisotopic (exact) mass is 305 g/mol. The van der Waals surface area contributed by atoms with Crippen molar-refractivity contribution >= 4 is 5.78 Å². The van der Waals surface area contributed by atoms with E-state index in [4.69, 9.17) is 14.2 Å². The number of benzene rings is 1. The Morgan fingerprint density at radius 2 is 2.23 bits per heavy atom. The van der Waals surface area contributed by atoms with Crippen molar-refractivity contribution in [1.29, 1.82) is 0 Å². The minimum atomic E-state index is 0.0306. The van der Waals surface area contributed by atoms with E-state index >= 15 is 0 Å². The minimum absolute atomic E-state index is 0.0306. The van der Waals surface area contributed by atoms with Gasteiger partial charge in [-0.15, -0.1) is 0 Å². The number of likely N-dealkylation sites (N-methyl/N-ethyl adjacent to an activating group) is 1. The maximum atomic E-state index is 12.3. The number of methoxy groups -OCH3 is 1. The number of nitrogens with zero attached hydrogens (tertiary/aromatic N) is 1. The molecule has 0 aliphatic carbocycles. The van der Waals surface area contributed by atoms with E-state index in [1.165, 1.54) is 5.56 Å². The zero-order valence-corrected chi connectivity index (χ0v) is 13.6. The van der Waals surface area contributed by atoms with Crippen molar-refractivity contribution in [3.63, 3.8) is 0 Å². The van der Waals surface area contributed by atoms with Gasteiger partial charge in [0.15, 0.2) is 11.5 Å². The van der Waals surface area contributed by atoms with Gasteiger partial charge in [-0.1, -0.05) is 13.8 Å². The first-order valence-electron chi connectivity index (χ1n) is 7.75. The summed E-state index contributed by atoms with van der Waals surface area (Å²) < 4.78 is 16.7. The number of fused-ring (bicyclic) bond motifs is 2. The lowest BCUT2D eigenvalue weighted by atomic mass is 9.87. The highest BCUT2D eigenvalue weighted by Gasteiger charge is 2.35. The number of carbonyl (C=O) groups is 1. The Morgan fingerprint density at radius 1 is 1.45 bits per heavy atom. The summed E-state index contributed by atoms with van der Waals surface area (Å²) in [4.78, 5) is 14.5. The summed E-state index contributed by atoms with van der Waals surface area (Å²) in [6, 6.07) is 2.07. The molecule has 2 aliphatic heterocycles. The predicted octanol–water partition coefficient (Wildman–Crippen LogP) is 2.57. The third kappa shape index (κ3) is 2.43. The number of Topliss-reactive ketones (excluding diaryl/α,β-unsaturated/α-hetero) is 1. The van der Waals surface area contributed by atoms with Gasteiger partial charge in [0.25, 0.3) is 0 Å². The van der Waals surface area contributed by atoms with E-state index in [1.807, 2.05) is 19.9 Å². The lowest BCUT2D eigenvalue weighted by Gasteiger charge is -2.35. The van der Waals surface area contributed by atoms with Crippen LogP contribution in [-0.2, 0) is 11.2 Å². The predicted molar refractivity (Wildman–Crippen MR) is 82.7 cm³/mol. The average molecular weight is 305 g/mol. The number of hydrogen-bond acceptors (Lipinski definition) is 5. The second-order valence-corrected chi connectivity index (χ2v) is 6.29. The van der Waals surface area contributed by atoms with Crippen LogP contribution in [0.4, 0.5) is 0 Å². The normalized spacial score (nSPS) is 20.1. The lowest BCUT2D eigenvalue weighted by molar-refractivity contribution is -0.123. The standard InChI is InChI=1S/C17H23NO4/c1-10(2)13(19)8-12-15-11(5-6-18(12)3)7-14-16(17(15)20-4)22-9-21-14/h7,10,12H,5-6,8-9H2,1-4H3. The molecule has 5 heteroatoms. The van der Waals surface area contributed by atoms with E-state index in [-0.39, 0.29) is 24.5 Å². The third-order valence-electron chi connectivity index (χ3n) is 4.59. The number of rotatable bonds is 4. The highest BCUT2D eigenvalue weighted by atomic mass is 16.7.